The number of hydrogen-bond donors (Lipinski definition) is 2. The molecule has 3 aromatic rings. The molecule has 0 aliphatic rings. The average Bonchev–Trinajstić information content (AvgIpc) is 3.08. The lowest BCUT2D eigenvalue weighted by Crippen LogP contribution is -2.04. The van der Waals surface area contributed by atoms with Crippen LogP contribution in [0.3, 0.4) is 0 Å². The molecule has 0 saturated heterocycles. The third-order valence-electron chi connectivity index (χ3n) is 4.36. The minimum atomic E-state index is -0.280. The number of rotatable bonds is 6. The van der Waals surface area contributed by atoms with Crippen molar-refractivity contribution in [3.8, 4) is 34.4 Å². The van der Waals surface area contributed by atoms with E-state index in [1.807, 2.05) is 6.07 Å². The lowest BCUT2D eigenvalue weighted by atomic mass is 9.96. The normalized spacial score (nSPS) is 10.2. The Bertz CT molecular complexity index is 1040. The summed E-state index contributed by atoms with van der Waals surface area (Å²) in [5, 5.41) is 9.63. The summed E-state index contributed by atoms with van der Waals surface area (Å²) < 4.78 is 16.1. The second-order valence-corrected chi connectivity index (χ2v) is 5.88. The number of benzene rings is 2. The minimum absolute atomic E-state index is 0.116. The zero-order valence-corrected chi connectivity index (χ0v) is 15.7. The van der Waals surface area contributed by atoms with Gasteiger partial charge in [-0.3, -0.25) is 4.79 Å². The molecule has 28 heavy (non-hydrogen) atoms. The predicted molar refractivity (Wildman–Crippen MR) is 105 cm³/mol. The van der Waals surface area contributed by atoms with Crippen LogP contribution in [0.1, 0.15) is 21.6 Å². The molecule has 2 aromatic carbocycles. The van der Waals surface area contributed by atoms with Crippen LogP contribution in [0.4, 0.5) is 5.82 Å². The Labute approximate surface area is 162 Å². The highest BCUT2D eigenvalue weighted by molar-refractivity contribution is 6.13. The second kappa shape index (κ2) is 7.76. The summed E-state index contributed by atoms with van der Waals surface area (Å²) in [5.41, 5.74) is 7.77. The number of nitrogens with zero attached hydrogens (tertiary/aromatic N) is 1. The van der Waals surface area contributed by atoms with Crippen molar-refractivity contribution in [1.29, 1.82) is 5.26 Å². The highest BCUT2D eigenvalue weighted by Gasteiger charge is 2.25. The number of aromatic amines is 1. The number of nitrogen functional groups attached to an aromatic ring is 1. The molecule has 0 amide bonds. The van der Waals surface area contributed by atoms with Crippen LogP contribution in [0.25, 0.3) is 11.1 Å². The van der Waals surface area contributed by atoms with Crippen LogP contribution in [0.15, 0.2) is 42.5 Å². The summed E-state index contributed by atoms with van der Waals surface area (Å²) in [6, 6.07) is 14.2. The van der Waals surface area contributed by atoms with Gasteiger partial charge in [0.05, 0.1) is 27.0 Å². The van der Waals surface area contributed by atoms with E-state index < -0.39 is 0 Å². The van der Waals surface area contributed by atoms with Crippen LogP contribution in [-0.4, -0.2) is 32.1 Å². The number of H-pyrrole nitrogens is 1. The molecule has 1 aromatic heterocycles. The number of ketones is 1. The number of nitrogens with one attached hydrogen (secondary N) is 1. The smallest absolute Gasteiger partial charge is 0.209 e. The van der Waals surface area contributed by atoms with Crippen molar-refractivity contribution in [2.75, 3.05) is 27.1 Å². The first kappa shape index (κ1) is 18.9. The number of anilines is 1. The molecule has 0 radical (unpaired) electrons. The largest absolute Gasteiger partial charge is 0.493 e. The van der Waals surface area contributed by atoms with Crippen LogP contribution < -0.4 is 19.9 Å². The van der Waals surface area contributed by atoms with Gasteiger partial charge in [-0.1, -0.05) is 30.3 Å². The first-order chi connectivity index (χ1) is 13.5. The lowest BCUT2D eigenvalue weighted by Gasteiger charge is -2.14. The molecule has 7 heteroatoms. The molecule has 0 spiro atoms. The van der Waals surface area contributed by atoms with Crippen molar-refractivity contribution in [3.63, 3.8) is 0 Å². The average molecular weight is 377 g/mol. The zero-order chi connectivity index (χ0) is 20.3. The Morgan fingerprint density at radius 2 is 1.64 bits per heavy atom. The van der Waals surface area contributed by atoms with E-state index in [2.05, 4.69) is 11.1 Å². The van der Waals surface area contributed by atoms with Crippen LogP contribution in [0.2, 0.25) is 0 Å². The Kier molecular flexibility index (Phi) is 5.23. The maximum Gasteiger partial charge on any atom is 0.209 e. The Balaban J connectivity index is 2.28. The van der Waals surface area contributed by atoms with Crippen LogP contribution in [0.5, 0.6) is 17.2 Å². The van der Waals surface area contributed by atoms with Gasteiger partial charge in [-0.15, -0.1) is 0 Å². The molecule has 7 nitrogen and oxygen atoms in total. The van der Waals surface area contributed by atoms with Crippen LogP contribution >= 0.6 is 0 Å². The summed E-state index contributed by atoms with van der Waals surface area (Å²) in [6.07, 6.45) is 0. The molecule has 0 atom stereocenters. The van der Waals surface area contributed by atoms with Crippen molar-refractivity contribution in [2.45, 2.75) is 0 Å². The van der Waals surface area contributed by atoms with Crippen molar-refractivity contribution in [3.05, 3.63) is 59.3 Å². The minimum Gasteiger partial charge on any atom is -0.493 e. The van der Waals surface area contributed by atoms with Gasteiger partial charge in [0.25, 0.3) is 0 Å². The van der Waals surface area contributed by atoms with E-state index in [0.29, 0.717) is 33.9 Å². The molecule has 0 unspecified atom stereocenters. The van der Waals surface area contributed by atoms with Crippen molar-refractivity contribution in [1.82, 2.24) is 4.98 Å². The molecule has 0 aliphatic heterocycles. The molecule has 0 bridgehead atoms. The maximum absolute atomic E-state index is 13.1. The number of carbonyl (C=O) groups is 1. The van der Waals surface area contributed by atoms with E-state index in [-0.39, 0.29) is 22.9 Å². The number of methoxy groups -OCH3 is 3. The highest BCUT2D eigenvalue weighted by atomic mass is 16.5. The Hall–Kier alpha value is -3.92. The first-order valence-electron chi connectivity index (χ1n) is 8.37. The van der Waals surface area contributed by atoms with Gasteiger partial charge in [0.1, 0.15) is 17.5 Å². The van der Waals surface area contributed by atoms with E-state index >= 15 is 0 Å². The Morgan fingerprint density at radius 1 is 1.04 bits per heavy atom. The lowest BCUT2D eigenvalue weighted by molar-refractivity contribution is 0.103. The number of ether oxygens (including phenoxy) is 3. The quantitative estimate of drug-likeness (QED) is 0.637. The van der Waals surface area contributed by atoms with E-state index in [4.69, 9.17) is 19.9 Å². The van der Waals surface area contributed by atoms with Gasteiger partial charge in [0.2, 0.25) is 11.5 Å². The fourth-order valence-electron chi connectivity index (χ4n) is 3.05. The van der Waals surface area contributed by atoms with Crippen LogP contribution in [-0.2, 0) is 0 Å². The molecular weight excluding hydrogens is 358 g/mol. The molecule has 0 fully saturated rings. The van der Waals surface area contributed by atoms with Crippen LogP contribution in [0, 0.1) is 11.3 Å². The molecule has 0 aliphatic carbocycles. The number of hydrogen-bond acceptors (Lipinski definition) is 6. The predicted octanol–water partition coefficient (Wildman–Crippen LogP) is 3.39. The molecule has 3 N–H and O–H groups in total. The third-order valence-corrected chi connectivity index (χ3v) is 4.36. The second-order valence-electron chi connectivity index (χ2n) is 5.88. The molecule has 142 valence electrons. The fraction of sp³-hybridized carbons (Fsp3) is 0.143. The standard InChI is InChI=1S/C21H19N3O4/c1-26-15-9-13(10-16(27-2)20(15)28-3)17-14(11-22)21(23)24-18(17)19(25)12-7-5-4-6-8-12/h4-10,24H,23H2,1-3H3. The summed E-state index contributed by atoms with van der Waals surface area (Å²) in [5.74, 6) is 1.05. The van der Waals surface area contributed by atoms with Gasteiger partial charge >= 0.3 is 0 Å². The molecular formula is C21H19N3O4. The van der Waals surface area contributed by atoms with Gasteiger partial charge < -0.3 is 24.9 Å². The number of nitrogens with two attached hydrogens (primary N) is 1. The zero-order valence-electron chi connectivity index (χ0n) is 15.7. The van der Waals surface area contributed by atoms with Gasteiger partial charge in [-0.2, -0.15) is 5.26 Å². The SMILES string of the molecule is COc1cc(-c2c(C(=O)c3ccccc3)[nH]c(N)c2C#N)cc(OC)c1OC. The maximum atomic E-state index is 13.1. The third kappa shape index (κ3) is 3.12. The van der Waals surface area contributed by atoms with E-state index in [1.165, 1.54) is 21.3 Å². The summed E-state index contributed by atoms with van der Waals surface area (Å²) in [6.45, 7) is 0. The molecule has 3 rings (SSSR count). The van der Waals surface area contributed by atoms with Crippen molar-refractivity contribution in [2.24, 2.45) is 0 Å². The summed E-state index contributed by atoms with van der Waals surface area (Å²) >= 11 is 0. The van der Waals surface area contributed by atoms with Gasteiger partial charge in [0, 0.05) is 11.1 Å². The van der Waals surface area contributed by atoms with Gasteiger partial charge in [-0.05, 0) is 17.7 Å². The van der Waals surface area contributed by atoms with Gasteiger partial charge in [0.15, 0.2) is 11.5 Å². The van der Waals surface area contributed by atoms with Crippen molar-refractivity contribution < 1.29 is 19.0 Å². The summed E-state index contributed by atoms with van der Waals surface area (Å²) in [4.78, 5) is 15.9. The number of aromatic nitrogens is 1. The number of nitriles is 1. The molecule has 0 saturated carbocycles. The van der Waals surface area contributed by atoms with E-state index in [1.54, 1.807) is 36.4 Å². The first-order valence-corrected chi connectivity index (χ1v) is 8.37. The highest BCUT2D eigenvalue weighted by Crippen LogP contribution is 2.43. The van der Waals surface area contributed by atoms with E-state index in [0.717, 1.165) is 0 Å². The Morgan fingerprint density at radius 3 is 2.14 bits per heavy atom. The summed E-state index contributed by atoms with van der Waals surface area (Å²) in [7, 11) is 4.49. The molecule has 1 heterocycles. The van der Waals surface area contributed by atoms with Crippen molar-refractivity contribution >= 4 is 11.6 Å². The van der Waals surface area contributed by atoms with Gasteiger partial charge in [-0.25, -0.2) is 0 Å². The monoisotopic (exact) mass is 377 g/mol. The topological polar surface area (TPSA) is 110 Å². The number of carbonyl (C=O) groups excluding carboxylic acids is 1. The van der Waals surface area contributed by atoms with E-state index in [9.17, 15) is 10.1 Å². The fourth-order valence-corrected chi connectivity index (χ4v) is 3.05.